The Hall–Kier alpha value is -10.9. The molecule has 12 nitrogen and oxygen atoms in total. The van der Waals surface area contributed by atoms with Crippen molar-refractivity contribution in [1.82, 2.24) is 19.9 Å². The second-order valence-electron chi connectivity index (χ2n) is 24.8. The van der Waals surface area contributed by atoms with Gasteiger partial charge in [-0.3, -0.25) is 0 Å². The van der Waals surface area contributed by atoms with Crippen LogP contribution in [0.25, 0.3) is 170 Å². The fourth-order valence-corrected chi connectivity index (χ4v) is 19.3. The van der Waals surface area contributed by atoms with E-state index in [1.165, 1.54) is 104 Å². The van der Waals surface area contributed by atoms with E-state index in [1.807, 2.05) is 161 Å². The zero-order chi connectivity index (χ0) is 65.9. The molecule has 0 amide bonds. The predicted molar refractivity (Wildman–Crippen MR) is 398 cm³/mol. The van der Waals surface area contributed by atoms with Gasteiger partial charge in [0.2, 0.25) is 0 Å². The van der Waals surface area contributed by atoms with Crippen molar-refractivity contribution in [2.24, 2.45) is 28.2 Å². The Balaban J connectivity index is 0.0000000975. The van der Waals surface area contributed by atoms with Crippen LogP contribution in [0.15, 0.2) is 231 Å². The predicted octanol–water partition coefficient (Wildman–Crippen LogP) is 20.3. The first-order chi connectivity index (χ1) is 47.3. The van der Waals surface area contributed by atoms with Crippen molar-refractivity contribution < 1.29 is 35.9 Å². The van der Waals surface area contributed by atoms with Crippen LogP contribution in [0, 0.1) is 34.6 Å². The van der Waals surface area contributed by atoms with E-state index >= 15 is 0 Å². The van der Waals surface area contributed by atoms with Gasteiger partial charge in [-0.2, -0.15) is 0 Å². The third kappa shape index (κ3) is 10.1. The van der Waals surface area contributed by atoms with Crippen LogP contribution >= 0.6 is 45.3 Å². The molecule has 97 heavy (non-hydrogen) atoms. The maximum absolute atomic E-state index is 6.17. The van der Waals surface area contributed by atoms with Crippen molar-refractivity contribution in [3.63, 3.8) is 0 Å². The standard InChI is InChI=1S/C21H17N2O2.C20H15N2O2.2C20H15N2S2/c1-12-8-16-19(10-15(12)17-9-13(2)22-11-23(17)3)25-20-14-6-4-5-7-18(14)24-21(16)20;1-12-9-15-18(10-14(12)16-7-8-21-11-22(16)2)24-19-13-5-3-4-6-17(13)23-20(15)19;1-12-7-8-14-18(17(12)15-9-10-21-11-22(15)2)24-19-13-5-3-4-6-16(13)23-20(14)19;1-12-7-8-14-18-13-5-3-4-6-16(13)23-20(18)24-19(14)17(12)15-9-10-21-11-22(15)2/h4-11H,1-3H3;3*3-11H,1-2H3/q4*+1. The molecule has 0 spiro atoms. The lowest BCUT2D eigenvalue weighted by Gasteiger charge is -2.07. The summed E-state index contributed by atoms with van der Waals surface area (Å²) in [5.41, 5.74) is 22.2. The van der Waals surface area contributed by atoms with Crippen LogP contribution in [-0.4, -0.2) is 19.9 Å². The lowest BCUT2D eigenvalue weighted by atomic mass is 10.0. The fraction of sp³-hybridized carbons (Fsp3) is 0.111. The van der Waals surface area contributed by atoms with E-state index in [2.05, 4.69) is 186 Å². The van der Waals surface area contributed by atoms with Crippen molar-refractivity contribution in [2.45, 2.75) is 34.6 Å². The van der Waals surface area contributed by atoms with Crippen LogP contribution in [0.1, 0.15) is 27.9 Å². The summed E-state index contributed by atoms with van der Waals surface area (Å²) in [7, 11) is 8.12. The maximum Gasteiger partial charge on any atom is 0.286 e. The van der Waals surface area contributed by atoms with Gasteiger partial charge < -0.3 is 17.7 Å². The highest BCUT2D eigenvalue weighted by atomic mass is 32.2. The summed E-state index contributed by atoms with van der Waals surface area (Å²) in [6.45, 7) is 10.6. The van der Waals surface area contributed by atoms with Crippen molar-refractivity contribution in [1.29, 1.82) is 0 Å². The summed E-state index contributed by atoms with van der Waals surface area (Å²) in [5, 5.41) is 10.9. The van der Waals surface area contributed by atoms with Gasteiger partial charge in [-0.05, 0) is 111 Å². The molecule has 0 aliphatic heterocycles. The smallest absolute Gasteiger partial charge is 0.286 e. The van der Waals surface area contributed by atoms with Crippen molar-refractivity contribution in [3.05, 3.63) is 242 Å². The molecule has 0 N–H and O–H groups in total. The third-order valence-electron chi connectivity index (χ3n) is 18.5. The topological polar surface area (TPSA) is 120 Å². The summed E-state index contributed by atoms with van der Waals surface area (Å²) in [4.78, 5) is 16.9. The van der Waals surface area contributed by atoms with E-state index < -0.39 is 0 Å². The second-order valence-corrected chi connectivity index (χ2v) is 29.2. The highest BCUT2D eigenvalue weighted by Gasteiger charge is 2.25. The Morgan fingerprint density at radius 1 is 0.320 bits per heavy atom. The normalized spacial score (nSPS) is 11.8. The quantitative estimate of drug-likeness (QED) is 0.160. The number of furan rings is 4. The first kappa shape index (κ1) is 59.8. The van der Waals surface area contributed by atoms with E-state index in [9.17, 15) is 0 Å². The number of benzene rings is 8. The Labute approximate surface area is 572 Å². The SMILES string of the molecule is Cc1cc(-c2cc3oc4c5ccccc5oc4c3cc2C)[n+](C)cn1.Cc1cc2c(cc1-c1ccnc[n+]1C)oc1c3ccccc3oc21.Cc1ccc2c(sc3c4ccccc4sc23)c1-c1ccnc[n+]1C.Cc1ccc2c(sc3sc4ccccc4c32)c1-c1ccnc[n+]1C. The van der Waals surface area contributed by atoms with Gasteiger partial charge in [-0.15, -0.1) is 45.3 Å². The Bertz CT molecular complexity index is 6490. The van der Waals surface area contributed by atoms with E-state index in [-0.39, 0.29) is 0 Å². The van der Waals surface area contributed by atoms with Gasteiger partial charge in [0.25, 0.3) is 25.3 Å². The molecular weight excluding hydrogens is 1280 g/mol. The molecule has 0 aliphatic carbocycles. The summed E-state index contributed by atoms with van der Waals surface area (Å²) >= 11 is 7.64. The number of thiophene rings is 4. The number of para-hydroxylation sites is 2. The van der Waals surface area contributed by atoms with Crippen molar-refractivity contribution >= 4 is 171 Å². The minimum atomic E-state index is 0.816. The van der Waals surface area contributed by atoms with Crippen molar-refractivity contribution in [2.75, 3.05) is 0 Å². The molecule has 12 heterocycles. The Kier molecular flexibility index (Phi) is 14.7. The van der Waals surface area contributed by atoms with Crippen LogP contribution in [0.5, 0.6) is 0 Å². The summed E-state index contributed by atoms with van der Waals surface area (Å²) < 4.78 is 42.4. The molecule has 0 atom stereocenters. The Morgan fingerprint density at radius 3 is 1.33 bits per heavy atom. The highest BCUT2D eigenvalue weighted by molar-refractivity contribution is 7.44. The van der Waals surface area contributed by atoms with Crippen LogP contribution in [0.4, 0.5) is 0 Å². The molecule has 20 aromatic rings. The molecule has 12 aromatic heterocycles. The average molecular weight is 1340 g/mol. The number of rotatable bonds is 4. The number of hydrogen-bond donors (Lipinski definition) is 0. The molecule has 0 saturated heterocycles. The monoisotopic (exact) mass is 1340 g/mol. The summed E-state index contributed by atoms with van der Waals surface area (Å²) in [6, 6.07) is 59.2. The molecule has 470 valence electrons. The zero-order valence-corrected chi connectivity index (χ0v) is 57.8. The molecule has 0 aliphatic rings. The average Bonchev–Trinajstić information content (AvgIpc) is 1.60. The van der Waals surface area contributed by atoms with E-state index in [4.69, 9.17) is 17.7 Å². The number of aromatic nitrogens is 8. The number of aryl methyl sites for hydroxylation is 9. The zero-order valence-electron chi connectivity index (χ0n) is 54.6. The first-order valence-corrected chi connectivity index (χ1v) is 35.2. The van der Waals surface area contributed by atoms with E-state index in [0.29, 0.717) is 0 Å². The van der Waals surface area contributed by atoms with Gasteiger partial charge in [0.15, 0.2) is 28.0 Å². The summed E-state index contributed by atoms with van der Waals surface area (Å²) in [6.07, 6.45) is 13.0. The molecule has 0 saturated carbocycles. The summed E-state index contributed by atoms with van der Waals surface area (Å²) in [5.74, 6) is 0. The minimum absolute atomic E-state index is 0.816. The van der Waals surface area contributed by atoms with E-state index in [0.717, 1.165) is 94.4 Å². The molecule has 8 aromatic carbocycles. The number of hydrogen-bond acceptors (Lipinski definition) is 12. The largest absolute Gasteiger partial charge is 0.452 e. The number of nitrogens with zero attached hydrogens (tertiary/aromatic N) is 8. The van der Waals surface area contributed by atoms with Gasteiger partial charge in [0.1, 0.15) is 63.7 Å². The van der Waals surface area contributed by atoms with Crippen LogP contribution in [0.2, 0.25) is 0 Å². The minimum Gasteiger partial charge on any atom is -0.452 e. The van der Waals surface area contributed by atoms with Gasteiger partial charge in [-0.25, -0.2) is 18.3 Å². The molecule has 16 heteroatoms. The Morgan fingerprint density at radius 2 is 0.763 bits per heavy atom. The van der Waals surface area contributed by atoms with Crippen LogP contribution < -0.4 is 18.3 Å². The second kappa shape index (κ2) is 23.8. The lowest BCUT2D eigenvalue weighted by molar-refractivity contribution is -0.663. The van der Waals surface area contributed by atoms with Crippen molar-refractivity contribution in [3.8, 4) is 45.0 Å². The fourth-order valence-electron chi connectivity index (χ4n) is 13.6. The maximum atomic E-state index is 6.17. The molecular formula is C81H62N8O4S4+4. The lowest BCUT2D eigenvalue weighted by Crippen LogP contribution is -2.31. The van der Waals surface area contributed by atoms with E-state index in [1.54, 1.807) is 12.5 Å². The molecule has 20 rings (SSSR count). The van der Waals surface area contributed by atoms with Gasteiger partial charge in [0.05, 0.1) is 63.1 Å². The third-order valence-corrected chi connectivity index (χ3v) is 23.5. The van der Waals surface area contributed by atoms with Gasteiger partial charge in [-0.1, -0.05) is 105 Å². The number of fused-ring (bicyclic) bond motifs is 20. The van der Waals surface area contributed by atoms with Crippen LogP contribution in [0.3, 0.4) is 0 Å². The van der Waals surface area contributed by atoms with Gasteiger partial charge in [0, 0.05) is 99.2 Å². The van der Waals surface area contributed by atoms with Gasteiger partial charge >= 0.3 is 0 Å². The molecule has 0 fully saturated rings. The van der Waals surface area contributed by atoms with Crippen LogP contribution in [-0.2, 0) is 28.2 Å². The molecule has 0 bridgehead atoms. The highest BCUT2D eigenvalue weighted by Crippen LogP contribution is 2.50. The molecule has 0 unspecified atom stereocenters. The first-order valence-electron chi connectivity index (χ1n) is 31.9. The molecule has 0 radical (unpaired) electrons.